The SMILES string of the molecule is NC1CN(c2c(F)cc3c(=O)c(C(=O)O)cn(C4CC4F)c3c2Br)CC12CC2.O. The van der Waals surface area contributed by atoms with Gasteiger partial charge >= 0.3 is 5.97 Å². The molecule has 1 aromatic heterocycles. The van der Waals surface area contributed by atoms with Gasteiger partial charge in [-0.15, -0.1) is 0 Å². The fraction of sp³-hybridized carbons (Fsp3) is 0.474. The standard InChI is InChI=1S/C19H18BrF2N3O3.H2O/c20-14-15-8(17(26)9(18(27)28)5-25(15)12-4-10(12)21)3-11(22)16(14)24-6-13(23)19(7-24)1-2-19;/h3,5,10,12-13H,1-2,4,6-7,23H2,(H,27,28);1H2. The maximum atomic E-state index is 15.1. The smallest absolute Gasteiger partial charge is 0.341 e. The predicted octanol–water partition coefficient (Wildman–Crippen LogP) is 1.99. The van der Waals surface area contributed by atoms with Gasteiger partial charge in [-0.05, 0) is 34.8 Å². The highest BCUT2D eigenvalue weighted by Crippen LogP contribution is 2.54. The number of anilines is 1. The molecule has 3 fully saturated rings. The van der Waals surface area contributed by atoms with Crippen LogP contribution in [0, 0.1) is 11.2 Å². The van der Waals surface area contributed by atoms with Crippen LogP contribution < -0.4 is 16.1 Å². The van der Waals surface area contributed by atoms with Gasteiger partial charge in [-0.2, -0.15) is 0 Å². The van der Waals surface area contributed by atoms with E-state index in [1.165, 1.54) is 10.8 Å². The third kappa shape index (κ3) is 2.88. The number of rotatable bonds is 3. The zero-order valence-corrected chi connectivity index (χ0v) is 16.9. The quantitative estimate of drug-likeness (QED) is 0.708. The van der Waals surface area contributed by atoms with Crippen molar-refractivity contribution in [3.63, 3.8) is 0 Å². The lowest BCUT2D eigenvalue weighted by atomic mass is 10.0. The van der Waals surface area contributed by atoms with Gasteiger partial charge in [0.1, 0.15) is 17.6 Å². The molecule has 1 saturated heterocycles. The van der Waals surface area contributed by atoms with Crippen LogP contribution in [0.4, 0.5) is 14.5 Å². The molecule has 29 heavy (non-hydrogen) atoms. The Morgan fingerprint density at radius 1 is 1.38 bits per heavy atom. The van der Waals surface area contributed by atoms with Crippen molar-refractivity contribution in [3.8, 4) is 0 Å². The molecule has 2 aromatic rings. The Morgan fingerprint density at radius 3 is 2.55 bits per heavy atom. The molecule has 0 amide bonds. The fourth-order valence-corrected chi connectivity index (χ4v) is 5.29. The first-order chi connectivity index (χ1) is 13.2. The number of aromatic nitrogens is 1. The van der Waals surface area contributed by atoms with Gasteiger partial charge in [0.15, 0.2) is 0 Å². The molecule has 3 atom stereocenters. The monoisotopic (exact) mass is 471 g/mol. The molecule has 5 rings (SSSR count). The number of fused-ring (bicyclic) bond motifs is 1. The van der Waals surface area contributed by atoms with Crippen molar-refractivity contribution >= 4 is 38.5 Å². The summed E-state index contributed by atoms with van der Waals surface area (Å²) < 4.78 is 30.7. The first kappa shape index (κ1) is 20.2. The normalized spacial score (nSPS) is 26.6. The highest BCUT2D eigenvalue weighted by molar-refractivity contribution is 9.10. The average molecular weight is 472 g/mol. The van der Waals surface area contributed by atoms with Crippen LogP contribution in [0.3, 0.4) is 0 Å². The number of hydrogen-bond donors (Lipinski definition) is 2. The number of carbonyl (C=O) groups is 1. The maximum absolute atomic E-state index is 15.1. The van der Waals surface area contributed by atoms with Crippen molar-refractivity contribution in [1.29, 1.82) is 0 Å². The fourth-order valence-electron chi connectivity index (χ4n) is 4.43. The van der Waals surface area contributed by atoms with Gasteiger partial charge in [0.25, 0.3) is 0 Å². The lowest BCUT2D eigenvalue weighted by Gasteiger charge is -2.23. The summed E-state index contributed by atoms with van der Waals surface area (Å²) >= 11 is 3.43. The van der Waals surface area contributed by atoms with Crippen LogP contribution in [0.15, 0.2) is 21.5 Å². The van der Waals surface area contributed by atoms with Crippen LogP contribution in [0.5, 0.6) is 0 Å². The number of hydrogen-bond acceptors (Lipinski definition) is 4. The second kappa shape index (κ2) is 6.48. The van der Waals surface area contributed by atoms with E-state index in [1.807, 2.05) is 4.90 Å². The Balaban J connectivity index is 0.00000205. The van der Waals surface area contributed by atoms with E-state index in [9.17, 15) is 19.1 Å². The van der Waals surface area contributed by atoms with Crippen LogP contribution in [-0.4, -0.2) is 46.4 Å². The second-order valence-electron chi connectivity index (χ2n) is 8.17. The van der Waals surface area contributed by atoms with Crippen molar-refractivity contribution in [2.24, 2.45) is 11.1 Å². The minimum atomic E-state index is -1.42. The highest BCUT2D eigenvalue weighted by Gasteiger charge is 2.54. The molecule has 3 aliphatic rings. The van der Waals surface area contributed by atoms with Crippen LogP contribution in [0.25, 0.3) is 10.9 Å². The van der Waals surface area contributed by atoms with E-state index in [2.05, 4.69) is 15.9 Å². The summed E-state index contributed by atoms with van der Waals surface area (Å²) in [5, 5.41) is 9.27. The summed E-state index contributed by atoms with van der Waals surface area (Å²) in [5.41, 5.74) is 5.61. The van der Waals surface area contributed by atoms with Gasteiger partial charge in [-0.3, -0.25) is 4.79 Å². The molecular formula is C19H20BrF2N3O4. The molecular weight excluding hydrogens is 452 g/mol. The van der Waals surface area contributed by atoms with E-state index in [0.29, 0.717) is 28.8 Å². The lowest BCUT2D eigenvalue weighted by Crippen LogP contribution is -2.30. The first-order valence-electron chi connectivity index (χ1n) is 9.18. The van der Waals surface area contributed by atoms with Crippen LogP contribution in [-0.2, 0) is 0 Å². The third-order valence-corrected chi connectivity index (χ3v) is 7.12. The summed E-state index contributed by atoms with van der Waals surface area (Å²) in [5.74, 6) is -2.04. The average Bonchev–Trinajstić information content (AvgIpc) is 3.51. The Labute approximate surface area is 172 Å². The molecule has 2 aliphatic carbocycles. The molecule has 5 N–H and O–H groups in total. The van der Waals surface area contributed by atoms with Gasteiger partial charge in [0.05, 0.1) is 27.1 Å². The molecule has 0 bridgehead atoms. The number of carboxylic acid groups (broad SMARTS) is 1. The van der Waals surface area contributed by atoms with E-state index in [-0.39, 0.29) is 28.7 Å². The van der Waals surface area contributed by atoms with Crippen molar-refractivity contribution < 1.29 is 24.2 Å². The number of halogens is 3. The maximum Gasteiger partial charge on any atom is 0.341 e. The van der Waals surface area contributed by atoms with Crippen molar-refractivity contribution in [2.75, 3.05) is 18.0 Å². The number of nitrogens with zero attached hydrogens (tertiary/aromatic N) is 2. The van der Waals surface area contributed by atoms with Gasteiger partial charge in [0, 0.05) is 37.2 Å². The van der Waals surface area contributed by atoms with Gasteiger partial charge in [0.2, 0.25) is 5.43 Å². The second-order valence-corrected chi connectivity index (χ2v) is 8.96. The zero-order chi connectivity index (χ0) is 20.0. The number of carboxylic acids is 1. The van der Waals surface area contributed by atoms with Crippen LogP contribution in [0.2, 0.25) is 0 Å². The Hall–Kier alpha value is -2.04. The van der Waals surface area contributed by atoms with Crippen molar-refractivity contribution in [3.05, 3.63) is 38.3 Å². The third-order valence-electron chi connectivity index (χ3n) is 6.37. The molecule has 2 saturated carbocycles. The van der Waals surface area contributed by atoms with Crippen LogP contribution >= 0.6 is 15.9 Å². The van der Waals surface area contributed by atoms with E-state index in [1.54, 1.807) is 0 Å². The number of alkyl halides is 1. The van der Waals surface area contributed by atoms with E-state index in [4.69, 9.17) is 5.73 Å². The van der Waals surface area contributed by atoms with Gasteiger partial charge in [-0.25, -0.2) is 13.6 Å². The van der Waals surface area contributed by atoms with E-state index in [0.717, 1.165) is 18.9 Å². The first-order valence-corrected chi connectivity index (χ1v) is 9.97. The van der Waals surface area contributed by atoms with E-state index < -0.39 is 35.0 Å². The summed E-state index contributed by atoms with van der Waals surface area (Å²) in [7, 11) is 0. The molecule has 3 unspecified atom stereocenters. The molecule has 1 aromatic carbocycles. The Morgan fingerprint density at radius 2 is 2.03 bits per heavy atom. The predicted molar refractivity (Wildman–Crippen MR) is 107 cm³/mol. The zero-order valence-electron chi connectivity index (χ0n) is 15.3. The minimum absolute atomic E-state index is 0. The summed E-state index contributed by atoms with van der Waals surface area (Å²) in [6.45, 7) is 1.12. The molecule has 10 heteroatoms. The summed E-state index contributed by atoms with van der Waals surface area (Å²) in [6, 6.07) is 0.455. The lowest BCUT2D eigenvalue weighted by molar-refractivity contribution is 0.0694. The molecule has 1 spiro atoms. The Bertz CT molecular complexity index is 1100. The minimum Gasteiger partial charge on any atom is -0.477 e. The molecule has 2 heterocycles. The largest absolute Gasteiger partial charge is 0.477 e. The van der Waals surface area contributed by atoms with Gasteiger partial charge < -0.3 is 25.8 Å². The molecule has 1 aliphatic heterocycles. The van der Waals surface area contributed by atoms with Crippen molar-refractivity contribution in [1.82, 2.24) is 4.57 Å². The molecule has 0 radical (unpaired) electrons. The number of pyridine rings is 1. The molecule has 156 valence electrons. The summed E-state index contributed by atoms with van der Waals surface area (Å²) in [4.78, 5) is 26.0. The molecule has 7 nitrogen and oxygen atoms in total. The van der Waals surface area contributed by atoms with Crippen molar-refractivity contribution in [2.45, 2.75) is 37.5 Å². The summed E-state index contributed by atoms with van der Waals surface area (Å²) in [6.07, 6.45) is 2.30. The Kier molecular flexibility index (Phi) is 4.52. The number of nitrogens with two attached hydrogens (primary N) is 1. The highest BCUT2D eigenvalue weighted by atomic mass is 79.9. The number of aromatic carboxylic acids is 1. The number of benzene rings is 1. The van der Waals surface area contributed by atoms with Gasteiger partial charge in [-0.1, -0.05) is 0 Å². The topological polar surface area (TPSA) is 120 Å². The van der Waals surface area contributed by atoms with Crippen LogP contribution in [0.1, 0.15) is 35.7 Å². The van der Waals surface area contributed by atoms with E-state index >= 15 is 4.39 Å².